The van der Waals surface area contributed by atoms with Crippen molar-refractivity contribution in [1.82, 2.24) is 10.2 Å². The smallest absolute Gasteiger partial charge is 0.276 e. The summed E-state index contributed by atoms with van der Waals surface area (Å²) in [4.78, 5) is 0. The zero-order chi connectivity index (χ0) is 17.5. The van der Waals surface area contributed by atoms with Gasteiger partial charge in [0, 0.05) is 16.3 Å². The summed E-state index contributed by atoms with van der Waals surface area (Å²) >= 11 is 7.33. The third-order valence-electron chi connectivity index (χ3n) is 3.21. The Morgan fingerprint density at radius 1 is 0.960 bits per heavy atom. The van der Waals surface area contributed by atoms with Gasteiger partial charge in [-0.1, -0.05) is 23.4 Å². The molecule has 0 aliphatic carbocycles. The summed E-state index contributed by atoms with van der Waals surface area (Å²) in [6, 6.07) is 14.8. The fourth-order valence-corrected chi connectivity index (χ4v) is 2.77. The molecule has 0 amide bonds. The first-order valence-corrected chi connectivity index (χ1v) is 9.19. The molecule has 7 heteroatoms. The minimum atomic E-state index is 0.478. The number of ether oxygens (including phenoxy) is 2. The van der Waals surface area contributed by atoms with Gasteiger partial charge in [-0.15, -0.1) is 10.2 Å². The van der Waals surface area contributed by atoms with Gasteiger partial charge in [0.15, 0.2) is 0 Å². The van der Waals surface area contributed by atoms with Gasteiger partial charge in [-0.25, -0.2) is 0 Å². The van der Waals surface area contributed by atoms with Crippen LogP contribution in [0, 0.1) is 0 Å². The molecule has 5 nitrogen and oxygen atoms in total. The number of aromatic nitrogens is 2. The van der Waals surface area contributed by atoms with Crippen LogP contribution in [-0.4, -0.2) is 29.2 Å². The molecule has 1 heterocycles. The molecule has 2 aromatic carbocycles. The van der Waals surface area contributed by atoms with E-state index in [0.717, 1.165) is 17.1 Å². The summed E-state index contributed by atoms with van der Waals surface area (Å²) in [5, 5.41) is 9.26. The van der Waals surface area contributed by atoms with Crippen molar-refractivity contribution in [2.75, 3.05) is 19.0 Å². The predicted octanol–water partition coefficient (Wildman–Crippen LogP) is 4.96. The number of halogens is 1. The second-order valence-electron chi connectivity index (χ2n) is 4.98. The summed E-state index contributed by atoms with van der Waals surface area (Å²) in [5.74, 6) is 2.82. The lowest BCUT2D eigenvalue weighted by molar-refractivity contribution is 0.332. The first-order chi connectivity index (χ1) is 12.2. The highest BCUT2D eigenvalue weighted by atomic mass is 35.5. The van der Waals surface area contributed by atoms with Crippen molar-refractivity contribution in [3.63, 3.8) is 0 Å². The van der Waals surface area contributed by atoms with Gasteiger partial charge in [0.05, 0.1) is 13.2 Å². The van der Waals surface area contributed by atoms with E-state index >= 15 is 0 Å². The van der Waals surface area contributed by atoms with E-state index in [1.807, 2.05) is 43.3 Å². The SMILES string of the molecule is CCOc1ccc(OCCSc2nnc(-c3ccc(Cl)cc3)o2)cc1. The van der Waals surface area contributed by atoms with Crippen LogP contribution in [0.5, 0.6) is 11.5 Å². The third kappa shape index (κ3) is 5.14. The quantitative estimate of drug-likeness (QED) is 0.409. The van der Waals surface area contributed by atoms with Crippen molar-refractivity contribution in [2.24, 2.45) is 0 Å². The molecular formula is C18H17ClN2O3S. The van der Waals surface area contributed by atoms with Crippen LogP contribution in [-0.2, 0) is 0 Å². The van der Waals surface area contributed by atoms with Gasteiger partial charge in [0.2, 0.25) is 5.89 Å². The summed E-state index contributed by atoms with van der Waals surface area (Å²) in [5.41, 5.74) is 0.842. The van der Waals surface area contributed by atoms with Crippen LogP contribution >= 0.6 is 23.4 Å². The van der Waals surface area contributed by atoms with E-state index in [1.165, 1.54) is 11.8 Å². The molecule has 0 unspecified atom stereocenters. The van der Waals surface area contributed by atoms with Crippen molar-refractivity contribution < 1.29 is 13.9 Å². The van der Waals surface area contributed by atoms with Gasteiger partial charge in [-0.05, 0) is 55.5 Å². The van der Waals surface area contributed by atoms with E-state index in [0.29, 0.717) is 35.1 Å². The second kappa shape index (κ2) is 8.78. The number of hydrogen-bond acceptors (Lipinski definition) is 6. The molecule has 0 saturated carbocycles. The fourth-order valence-electron chi connectivity index (χ4n) is 2.06. The maximum Gasteiger partial charge on any atom is 0.276 e. The largest absolute Gasteiger partial charge is 0.494 e. The molecule has 0 saturated heterocycles. The zero-order valence-electron chi connectivity index (χ0n) is 13.6. The average molecular weight is 377 g/mol. The minimum absolute atomic E-state index is 0.478. The van der Waals surface area contributed by atoms with Crippen LogP contribution in [0.2, 0.25) is 5.02 Å². The molecule has 1 aromatic heterocycles. The van der Waals surface area contributed by atoms with Crippen LogP contribution < -0.4 is 9.47 Å². The predicted molar refractivity (Wildman–Crippen MR) is 98.6 cm³/mol. The van der Waals surface area contributed by atoms with Gasteiger partial charge in [0.1, 0.15) is 11.5 Å². The highest BCUT2D eigenvalue weighted by molar-refractivity contribution is 7.99. The Balaban J connectivity index is 1.45. The Hall–Kier alpha value is -2.18. The van der Waals surface area contributed by atoms with Gasteiger partial charge in [-0.2, -0.15) is 0 Å². The van der Waals surface area contributed by atoms with Gasteiger partial charge in [-0.3, -0.25) is 0 Å². The number of benzene rings is 2. The summed E-state index contributed by atoms with van der Waals surface area (Å²) < 4.78 is 16.7. The Morgan fingerprint density at radius 2 is 1.64 bits per heavy atom. The molecule has 0 fully saturated rings. The number of rotatable bonds is 8. The molecule has 0 aliphatic heterocycles. The van der Waals surface area contributed by atoms with Crippen molar-refractivity contribution >= 4 is 23.4 Å². The molecule has 0 N–H and O–H groups in total. The molecule has 130 valence electrons. The first-order valence-electron chi connectivity index (χ1n) is 7.82. The third-order valence-corrected chi connectivity index (χ3v) is 4.24. The lowest BCUT2D eigenvalue weighted by Crippen LogP contribution is -2.00. The monoisotopic (exact) mass is 376 g/mol. The fraction of sp³-hybridized carbons (Fsp3) is 0.222. The molecule has 3 aromatic rings. The van der Waals surface area contributed by atoms with E-state index in [1.54, 1.807) is 12.1 Å². The molecule has 0 aliphatic rings. The lowest BCUT2D eigenvalue weighted by Gasteiger charge is -2.06. The molecule has 0 spiro atoms. The maximum atomic E-state index is 5.87. The van der Waals surface area contributed by atoms with E-state index in [2.05, 4.69) is 10.2 Å². The Morgan fingerprint density at radius 3 is 2.32 bits per heavy atom. The molecule has 0 radical (unpaired) electrons. The Labute approximate surface area is 155 Å². The van der Waals surface area contributed by atoms with Gasteiger partial charge < -0.3 is 13.9 Å². The number of nitrogens with zero attached hydrogens (tertiary/aromatic N) is 2. The van der Waals surface area contributed by atoms with Crippen molar-refractivity contribution in [3.8, 4) is 23.0 Å². The Kier molecular flexibility index (Phi) is 6.19. The van der Waals surface area contributed by atoms with Crippen molar-refractivity contribution in [3.05, 3.63) is 53.6 Å². The van der Waals surface area contributed by atoms with Crippen LogP contribution in [0.25, 0.3) is 11.5 Å². The topological polar surface area (TPSA) is 57.4 Å². The van der Waals surface area contributed by atoms with Crippen LogP contribution in [0.15, 0.2) is 58.2 Å². The van der Waals surface area contributed by atoms with Crippen LogP contribution in [0.3, 0.4) is 0 Å². The average Bonchev–Trinajstić information content (AvgIpc) is 3.10. The van der Waals surface area contributed by atoms with Crippen LogP contribution in [0.4, 0.5) is 0 Å². The normalized spacial score (nSPS) is 10.6. The molecule has 0 bridgehead atoms. The molecular weight excluding hydrogens is 360 g/mol. The van der Waals surface area contributed by atoms with Crippen LogP contribution in [0.1, 0.15) is 6.92 Å². The van der Waals surface area contributed by atoms with E-state index < -0.39 is 0 Å². The van der Waals surface area contributed by atoms with Crippen molar-refractivity contribution in [1.29, 1.82) is 0 Å². The minimum Gasteiger partial charge on any atom is -0.494 e. The molecule has 3 rings (SSSR count). The van der Waals surface area contributed by atoms with E-state index in [9.17, 15) is 0 Å². The summed E-state index contributed by atoms with van der Waals surface area (Å²) in [6.07, 6.45) is 0. The molecule has 25 heavy (non-hydrogen) atoms. The standard InChI is InChI=1S/C18H17ClN2O3S/c1-2-22-15-7-9-16(10-8-15)23-11-12-25-18-21-20-17(24-18)13-3-5-14(19)6-4-13/h3-10H,2,11-12H2,1H3. The Bertz CT molecular complexity index is 791. The highest BCUT2D eigenvalue weighted by Crippen LogP contribution is 2.24. The second-order valence-corrected chi connectivity index (χ2v) is 6.46. The van der Waals surface area contributed by atoms with E-state index in [-0.39, 0.29) is 0 Å². The van der Waals surface area contributed by atoms with Gasteiger partial charge in [0.25, 0.3) is 5.22 Å². The number of hydrogen-bond donors (Lipinski definition) is 0. The maximum absolute atomic E-state index is 5.87. The highest BCUT2D eigenvalue weighted by Gasteiger charge is 2.09. The molecule has 0 atom stereocenters. The van der Waals surface area contributed by atoms with Gasteiger partial charge >= 0.3 is 0 Å². The van der Waals surface area contributed by atoms with Crippen molar-refractivity contribution in [2.45, 2.75) is 12.1 Å². The summed E-state index contributed by atoms with van der Waals surface area (Å²) in [6.45, 7) is 3.15. The zero-order valence-corrected chi connectivity index (χ0v) is 15.2. The summed E-state index contributed by atoms with van der Waals surface area (Å²) in [7, 11) is 0. The van der Waals surface area contributed by atoms with E-state index in [4.69, 9.17) is 25.5 Å². The lowest BCUT2D eigenvalue weighted by atomic mass is 10.2. The first kappa shape index (κ1) is 17.6. The number of thioether (sulfide) groups is 1.